The van der Waals surface area contributed by atoms with Crippen LogP contribution in [0.1, 0.15) is 28.8 Å². The molecule has 7 nitrogen and oxygen atoms in total. The molecule has 0 radical (unpaired) electrons. The summed E-state index contributed by atoms with van der Waals surface area (Å²) in [6.45, 7) is 4.45. The monoisotopic (exact) mass is 389 g/mol. The van der Waals surface area contributed by atoms with Crippen molar-refractivity contribution in [2.75, 3.05) is 37.7 Å². The molecule has 3 aliphatic rings. The molecule has 7 heteroatoms. The molecule has 2 aliphatic heterocycles. The molecule has 1 saturated heterocycles. The number of anilines is 1. The molecular weight excluding hydrogens is 366 g/mol. The Hall–Kier alpha value is -2.93. The molecule has 1 aliphatic carbocycles. The van der Waals surface area contributed by atoms with Crippen molar-refractivity contribution < 1.29 is 9.53 Å². The average molecular weight is 389 g/mol. The highest BCUT2D eigenvalue weighted by atomic mass is 16.5. The maximum absolute atomic E-state index is 13.2. The highest BCUT2D eigenvalue weighted by molar-refractivity contribution is 6.01. The molecule has 0 spiro atoms. The Morgan fingerprint density at radius 3 is 2.90 bits per heavy atom. The van der Waals surface area contributed by atoms with Crippen molar-refractivity contribution in [1.29, 1.82) is 0 Å². The number of nitrogens with zero attached hydrogens (tertiary/aromatic N) is 4. The highest BCUT2D eigenvalue weighted by Gasteiger charge is 2.35. The Balaban J connectivity index is 1.47. The van der Waals surface area contributed by atoms with Crippen LogP contribution in [0, 0.1) is 5.92 Å². The zero-order valence-corrected chi connectivity index (χ0v) is 16.2. The molecule has 6 rings (SSSR count). The van der Waals surface area contributed by atoms with E-state index in [1.165, 1.54) is 12.8 Å². The number of aromatic amines is 1. The molecule has 1 saturated carbocycles. The highest BCUT2D eigenvalue weighted by Crippen LogP contribution is 2.38. The minimum Gasteiger partial charge on any atom is -0.378 e. The van der Waals surface area contributed by atoms with Gasteiger partial charge in [-0.3, -0.25) is 4.79 Å². The van der Waals surface area contributed by atoms with Gasteiger partial charge in [-0.25, -0.2) is 9.97 Å². The second-order valence-electron chi connectivity index (χ2n) is 8.22. The van der Waals surface area contributed by atoms with Crippen molar-refractivity contribution in [1.82, 2.24) is 19.9 Å². The third-order valence-electron chi connectivity index (χ3n) is 6.16. The molecule has 3 aromatic heterocycles. The van der Waals surface area contributed by atoms with Gasteiger partial charge in [0.1, 0.15) is 11.5 Å². The first-order valence-electron chi connectivity index (χ1n) is 10.4. The average Bonchev–Trinajstić information content (AvgIpc) is 3.36. The number of amides is 1. The third-order valence-corrected chi connectivity index (χ3v) is 6.16. The number of aromatic nitrogens is 3. The predicted octanol–water partition coefficient (Wildman–Crippen LogP) is 2.83. The van der Waals surface area contributed by atoms with Crippen LogP contribution in [0.3, 0.4) is 0 Å². The van der Waals surface area contributed by atoms with Gasteiger partial charge in [0, 0.05) is 55.1 Å². The van der Waals surface area contributed by atoms with Crippen LogP contribution in [0.2, 0.25) is 0 Å². The largest absolute Gasteiger partial charge is 0.378 e. The lowest BCUT2D eigenvalue weighted by Crippen LogP contribution is -2.37. The molecule has 3 aromatic rings. The van der Waals surface area contributed by atoms with Gasteiger partial charge in [-0.1, -0.05) is 0 Å². The fraction of sp³-hybridized carbons (Fsp3) is 0.409. The summed E-state index contributed by atoms with van der Waals surface area (Å²) in [6.07, 6.45) is 6.22. The van der Waals surface area contributed by atoms with Crippen molar-refractivity contribution in [3.05, 3.63) is 41.7 Å². The standard InChI is InChI=1S/C22H23N5O2/c28-22-17-10-19(26-5-7-29-8-6-26)25-20(18(17)13-27(22)12-14-1-2-14)16-9-15-3-4-23-21(15)24-11-16/h3-4,9-11,14H,1-2,5-8,12-13H2,(H,23,24). The Kier molecular flexibility index (Phi) is 3.84. The van der Waals surface area contributed by atoms with E-state index >= 15 is 0 Å². The molecule has 0 atom stereocenters. The van der Waals surface area contributed by atoms with Crippen molar-refractivity contribution in [3.63, 3.8) is 0 Å². The fourth-order valence-corrected chi connectivity index (χ4v) is 4.36. The lowest BCUT2D eigenvalue weighted by molar-refractivity contribution is 0.0771. The minimum atomic E-state index is 0.140. The van der Waals surface area contributed by atoms with Crippen LogP contribution in [0.25, 0.3) is 22.3 Å². The van der Waals surface area contributed by atoms with E-state index in [1.54, 1.807) is 0 Å². The van der Waals surface area contributed by atoms with Gasteiger partial charge in [0.2, 0.25) is 0 Å². The van der Waals surface area contributed by atoms with Crippen molar-refractivity contribution in [2.45, 2.75) is 19.4 Å². The SMILES string of the molecule is O=C1c2cc(N3CCOCC3)nc(-c3cnc4[nH]ccc4c3)c2CN1CC1CC1. The van der Waals surface area contributed by atoms with Crippen LogP contribution < -0.4 is 4.90 Å². The maximum atomic E-state index is 13.2. The lowest BCUT2D eigenvalue weighted by Gasteiger charge is -2.28. The maximum Gasteiger partial charge on any atom is 0.254 e. The van der Waals surface area contributed by atoms with Crippen molar-refractivity contribution in [2.24, 2.45) is 5.92 Å². The molecule has 0 bridgehead atoms. The number of carbonyl (C=O) groups is 1. The van der Waals surface area contributed by atoms with Gasteiger partial charge in [0.25, 0.3) is 5.91 Å². The summed E-state index contributed by atoms with van der Waals surface area (Å²) in [5, 5.41) is 1.05. The molecule has 0 unspecified atom stereocenters. The normalized spacial score (nSPS) is 19.2. The molecule has 5 heterocycles. The first-order chi connectivity index (χ1) is 14.3. The van der Waals surface area contributed by atoms with Gasteiger partial charge >= 0.3 is 0 Å². The number of morpholine rings is 1. The van der Waals surface area contributed by atoms with Gasteiger partial charge < -0.3 is 19.5 Å². The number of rotatable bonds is 4. The summed E-state index contributed by atoms with van der Waals surface area (Å²) in [4.78, 5) is 30.1. The van der Waals surface area contributed by atoms with Crippen molar-refractivity contribution in [3.8, 4) is 11.3 Å². The first kappa shape index (κ1) is 17.0. The zero-order chi connectivity index (χ0) is 19.4. The summed E-state index contributed by atoms with van der Waals surface area (Å²) in [7, 11) is 0. The van der Waals surface area contributed by atoms with Crippen molar-refractivity contribution >= 4 is 22.8 Å². The van der Waals surface area contributed by atoms with Crippen LogP contribution in [0.5, 0.6) is 0 Å². The van der Waals surface area contributed by atoms with Gasteiger partial charge in [-0.15, -0.1) is 0 Å². The molecular formula is C22H23N5O2. The minimum absolute atomic E-state index is 0.140. The van der Waals surface area contributed by atoms with E-state index in [0.717, 1.165) is 58.9 Å². The number of pyridine rings is 2. The van der Waals surface area contributed by atoms with E-state index in [9.17, 15) is 4.79 Å². The number of ether oxygens (including phenoxy) is 1. The number of nitrogens with one attached hydrogen (secondary N) is 1. The number of hydrogen-bond acceptors (Lipinski definition) is 5. The molecule has 1 amide bonds. The zero-order valence-electron chi connectivity index (χ0n) is 16.2. The van der Waals surface area contributed by atoms with Gasteiger partial charge in [0.15, 0.2) is 0 Å². The van der Waals surface area contributed by atoms with E-state index in [1.807, 2.05) is 29.4 Å². The fourth-order valence-electron chi connectivity index (χ4n) is 4.36. The Morgan fingerprint density at radius 1 is 1.21 bits per heavy atom. The van der Waals surface area contributed by atoms with E-state index in [0.29, 0.717) is 25.7 Å². The van der Waals surface area contributed by atoms with E-state index < -0.39 is 0 Å². The van der Waals surface area contributed by atoms with Gasteiger partial charge in [-0.05, 0) is 37.0 Å². The second-order valence-corrected chi connectivity index (χ2v) is 8.22. The van der Waals surface area contributed by atoms with Crippen LogP contribution in [0.4, 0.5) is 5.82 Å². The summed E-state index contributed by atoms with van der Waals surface area (Å²) in [5.41, 5.74) is 4.53. The summed E-state index contributed by atoms with van der Waals surface area (Å²) in [6, 6.07) is 6.11. The Bertz CT molecular complexity index is 1100. The molecule has 29 heavy (non-hydrogen) atoms. The number of H-pyrrole nitrogens is 1. The first-order valence-corrected chi connectivity index (χ1v) is 10.4. The number of hydrogen-bond donors (Lipinski definition) is 1. The third kappa shape index (κ3) is 2.97. The second kappa shape index (κ2) is 6.56. The van der Waals surface area contributed by atoms with Crippen LogP contribution in [0.15, 0.2) is 30.6 Å². The topological polar surface area (TPSA) is 74.4 Å². The number of carbonyl (C=O) groups excluding carboxylic acids is 1. The Morgan fingerprint density at radius 2 is 2.07 bits per heavy atom. The van der Waals surface area contributed by atoms with Crippen LogP contribution in [-0.2, 0) is 11.3 Å². The van der Waals surface area contributed by atoms with Crippen LogP contribution >= 0.6 is 0 Å². The molecule has 148 valence electrons. The van der Waals surface area contributed by atoms with Gasteiger partial charge in [0.05, 0.1) is 24.5 Å². The summed E-state index contributed by atoms with van der Waals surface area (Å²) >= 11 is 0. The summed E-state index contributed by atoms with van der Waals surface area (Å²) in [5.74, 6) is 1.67. The smallest absolute Gasteiger partial charge is 0.254 e. The van der Waals surface area contributed by atoms with E-state index in [4.69, 9.17) is 9.72 Å². The Labute approximate surface area is 168 Å². The molecule has 2 fully saturated rings. The summed E-state index contributed by atoms with van der Waals surface area (Å²) < 4.78 is 5.50. The molecule has 0 aromatic carbocycles. The van der Waals surface area contributed by atoms with E-state index in [-0.39, 0.29) is 5.91 Å². The van der Waals surface area contributed by atoms with Gasteiger partial charge in [-0.2, -0.15) is 0 Å². The lowest BCUT2D eigenvalue weighted by atomic mass is 10.0. The van der Waals surface area contributed by atoms with E-state index in [2.05, 4.69) is 20.9 Å². The number of fused-ring (bicyclic) bond motifs is 2. The van der Waals surface area contributed by atoms with Crippen LogP contribution in [-0.4, -0.2) is 58.6 Å². The predicted molar refractivity (Wildman–Crippen MR) is 110 cm³/mol. The quantitative estimate of drug-likeness (QED) is 0.743. The molecule has 1 N–H and O–H groups in total.